The molecule has 1 aliphatic heterocycles. The maximum atomic E-state index is 14.3. The summed E-state index contributed by atoms with van der Waals surface area (Å²) >= 11 is 1.44. The van der Waals surface area contributed by atoms with Crippen LogP contribution in [-0.2, 0) is 24.7 Å². The summed E-state index contributed by atoms with van der Waals surface area (Å²) < 4.78 is 98.4. The predicted molar refractivity (Wildman–Crippen MR) is 272 cm³/mol. The summed E-state index contributed by atoms with van der Waals surface area (Å²) in [5.41, 5.74) is 4.54. The molecule has 1 heterocycles. The Morgan fingerprint density at radius 1 is 0.899 bits per heavy atom. The molecule has 0 aromatic heterocycles. The van der Waals surface area contributed by atoms with Crippen molar-refractivity contribution in [2.24, 2.45) is 11.1 Å². The number of piperazine rings is 1. The summed E-state index contributed by atoms with van der Waals surface area (Å²) in [5, 5.41) is 3.02. The summed E-state index contributed by atoms with van der Waals surface area (Å²) in [6.07, 6.45) is 9.52. The van der Waals surface area contributed by atoms with E-state index in [0.717, 1.165) is 107 Å². The van der Waals surface area contributed by atoms with E-state index in [1.807, 2.05) is 42.0 Å². The van der Waals surface area contributed by atoms with Gasteiger partial charge in [0, 0.05) is 73.6 Å². The number of rotatable bonds is 26. The molecule has 12 nitrogen and oxygen atoms in total. The average molecular weight is 1020 g/mol. The maximum Gasteiger partial charge on any atom is 0.501 e. The molecule has 2 amide bonds. The summed E-state index contributed by atoms with van der Waals surface area (Å²) in [4.78, 5) is 30.1. The van der Waals surface area contributed by atoms with Crippen molar-refractivity contribution >= 4 is 54.8 Å². The molecule has 3 aromatic rings. The highest BCUT2D eigenvalue weighted by Crippen LogP contribution is 2.41. The lowest BCUT2D eigenvalue weighted by molar-refractivity contribution is -0.118. The molecule has 0 radical (unpaired) electrons. The number of sulfonamides is 1. The van der Waals surface area contributed by atoms with Crippen molar-refractivity contribution < 1.29 is 39.6 Å². The van der Waals surface area contributed by atoms with Crippen LogP contribution in [0.1, 0.15) is 109 Å². The molecular formula is C51H71F3N6O6S3. The Labute approximate surface area is 412 Å². The number of hydrogen-bond acceptors (Lipinski definition) is 11. The second-order valence-electron chi connectivity index (χ2n) is 19.2. The molecule has 0 unspecified atom stereocenters. The molecule has 3 aromatic carbocycles. The van der Waals surface area contributed by atoms with E-state index in [2.05, 4.69) is 47.4 Å². The molecule has 69 heavy (non-hydrogen) atoms. The van der Waals surface area contributed by atoms with Crippen LogP contribution in [0.15, 0.2) is 111 Å². The van der Waals surface area contributed by atoms with Gasteiger partial charge in [0.05, 0.1) is 10.6 Å². The van der Waals surface area contributed by atoms with Crippen LogP contribution in [0.25, 0.3) is 0 Å². The van der Waals surface area contributed by atoms with Crippen molar-refractivity contribution in [3.05, 3.63) is 102 Å². The molecule has 18 heteroatoms. The molecule has 1 saturated heterocycles. The van der Waals surface area contributed by atoms with Crippen molar-refractivity contribution in [1.29, 1.82) is 0 Å². The molecule has 2 aliphatic rings. The minimum Gasteiger partial charge on any atom is -0.380 e. The molecule has 380 valence electrons. The van der Waals surface area contributed by atoms with Crippen LogP contribution in [-0.4, -0.2) is 108 Å². The highest BCUT2D eigenvalue weighted by Gasteiger charge is 2.48. The number of carbonyl (C=O) groups excluding carboxylic acids is 2. The van der Waals surface area contributed by atoms with Crippen LogP contribution in [0.3, 0.4) is 0 Å². The van der Waals surface area contributed by atoms with Crippen LogP contribution in [0.4, 0.5) is 24.5 Å². The number of allylic oxidation sites excluding steroid dienone is 2. The van der Waals surface area contributed by atoms with Gasteiger partial charge in [-0.1, -0.05) is 68.5 Å². The standard InChI is InChI=1S/C51H71F3N6O6S3/c1-6-58(28-13-8-7-12-16-48(55)61)29-26-42(37-67-44-14-10-9-11-15-44)56-46-24-23-45(34-47(46)68(63,64)51(52,53)54)69(65,66)57-49(62)39-19-21-43(22-20-39)60-32-30-59(31-33-60)36-41-25-27-50(4,5)35-40(41)18-17-38(2)3/h9-11,14-15,19-24,34,42,56H,2,6-8,12-13,16-18,25-33,35-37H2,1,3-5H3,(H2,55,61)(H,57,62)/t42-/m1/s1. The van der Waals surface area contributed by atoms with Gasteiger partial charge in [-0.3, -0.25) is 14.5 Å². The fourth-order valence-corrected chi connectivity index (χ4v) is 11.8. The minimum atomic E-state index is -6.08. The number of thioether (sulfide) groups is 1. The quantitative estimate of drug-likeness (QED) is 0.0399. The lowest BCUT2D eigenvalue weighted by atomic mass is 9.73. The topological polar surface area (TPSA) is 162 Å². The van der Waals surface area contributed by atoms with Gasteiger partial charge in [-0.2, -0.15) is 13.2 Å². The Bertz CT molecular complexity index is 2460. The molecule has 0 bridgehead atoms. The van der Waals surface area contributed by atoms with Crippen LogP contribution < -0.4 is 20.7 Å². The summed E-state index contributed by atoms with van der Waals surface area (Å²) in [7, 11) is -10.9. The van der Waals surface area contributed by atoms with Gasteiger partial charge in [0.1, 0.15) is 4.90 Å². The zero-order valence-electron chi connectivity index (χ0n) is 40.6. The van der Waals surface area contributed by atoms with Gasteiger partial charge in [0.2, 0.25) is 5.91 Å². The number of nitrogens with zero attached hydrogens (tertiary/aromatic N) is 3. The van der Waals surface area contributed by atoms with Crippen molar-refractivity contribution in [2.75, 3.05) is 68.3 Å². The van der Waals surface area contributed by atoms with Crippen molar-refractivity contribution in [3.63, 3.8) is 0 Å². The number of alkyl halides is 3. The molecule has 0 spiro atoms. The average Bonchev–Trinajstić information content (AvgIpc) is 3.30. The first kappa shape index (κ1) is 55.6. The first-order valence-corrected chi connectivity index (χ1v) is 27.9. The molecular weight excluding hydrogens is 946 g/mol. The zero-order chi connectivity index (χ0) is 50.4. The van der Waals surface area contributed by atoms with Gasteiger partial charge in [-0.15, -0.1) is 18.3 Å². The molecule has 1 fully saturated rings. The number of halogens is 3. The monoisotopic (exact) mass is 1020 g/mol. The normalized spacial score (nSPS) is 16.4. The summed E-state index contributed by atoms with van der Waals surface area (Å²) in [6.45, 7) is 19.0. The lowest BCUT2D eigenvalue weighted by Gasteiger charge is -2.39. The number of hydrogen-bond donors (Lipinski definition) is 3. The van der Waals surface area contributed by atoms with E-state index in [9.17, 15) is 39.6 Å². The van der Waals surface area contributed by atoms with Gasteiger partial charge in [-0.25, -0.2) is 21.6 Å². The Kier molecular flexibility index (Phi) is 20.3. The number of unbranched alkanes of at least 4 members (excludes halogenated alkanes) is 3. The summed E-state index contributed by atoms with van der Waals surface area (Å²) in [6, 6.07) is 17.7. The molecule has 5 rings (SSSR count). The highest BCUT2D eigenvalue weighted by molar-refractivity contribution is 7.99. The Hall–Kier alpha value is -4.36. The van der Waals surface area contributed by atoms with Crippen LogP contribution in [0, 0.1) is 5.41 Å². The first-order chi connectivity index (χ1) is 32.6. The zero-order valence-corrected chi connectivity index (χ0v) is 43.0. The van der Waals surface area contributed by atoms with Crippen molar-refractivity contribution in [3.8, 4) is 0 Å². The van der Waals surface area contributed by atoms with Gasteiger partial charge in [-0.05, 0) is 131 Å². The number of sulfone groups is 1. The SMILES string of the molecule is C=C(C)CCC1=C(CN2CCN(c3ccc(C(=O)NS(=O)(=O)c4ccc(N[C@H](CCN(CC)CCCCCCC(N)=O)CSc5ccccc5)c(S(=O)(=O)C(F)(F)F)c4)cc3)CC2)CCC(C)(C)C1. The first-order valence-electron chi connectivity index (χ1n) is 24.0. The van der Waals surface area contributed by atoms with Gasteiger partial charge < -0.3 is 20.9 Å². The van der Waals surface area contributed by atoms with Gasteiger partial charge in [0.25, 0.3) is 25.8 Å². The number of benzene rings is 3. The number of anilines is 2. The molecule has 1 aliphatic carbocycles. The van der Waals surface area contributed by atoms with Gasteiger partial charge in [0.15, 0.2) is 0 Å². The molecule has 0 saturated carbocycles. The molecule has 1 atom stereocenters. The van der Waals surface area contributed by atoms with E-state index in [1.54, 1.807) is 23.3 Å². The molecule has 4 N–H and O–H groups in total. The minimum absolute atomic E-state index is 0.000186. The number of amides is 2. The fourth-order valence-electron chi connectivity index (χ4n) is 8.80. The van der Waals surface area contributed by atoms with E-state index in [4.69, 9.17) is 5.73 Å². The third kappa shape index (κ3) is 16.9. The van der Waals surface area contributed by atoms with E-state index < -0.39 is 52.8 Å². The third-order valence-corrected chi connectivity index (χ3v) is 17.0. The maximum absolute atomic E-state index is 14.3. The van der Waals surface area contributed by atoms with Gasteiger partial charge >= 0.3 is 5.51 Å². The Morgan fingerprint density at radius 2 is 1.58 bits per heavy atom. The van der Waals surface area contributed by atoms with E-state index >= 15 is 0 Å². The van der Waals surface area contributed by atoms with Crippen molar-refractivity contribution in [1.82, 2.24) is 14.5 Å². The fraction of sp³-hybridized carbons (Fsp3) is 0.529. The lowest BCUT2D eigenvalue weighted by Crippen LogP contribution is -2.47. The van der Waals surface area contributed by atoms with E-state index in [0.29, 0.717) is 49.6 Å². The van der Waals surface area contributed by atoms with E-state index in [-0.39, 0.29) is 11.5 Å². The number of carbonyl (C=O) groups is 2. The second kappa shape index (κ2) is 25.2. The largest absolute Gasteiger partial charge is 0.501 e. The Balaban J connectivity index is 1.26. The highest BCUT2D eigenvalue weighted by atomic mass is 32.2. The Morgan fingerprint density at radius 3 is 2.22 bits per heavy atom. The van der Waals surface area contributed by atoms with Crippen LogP contribution in [0.2, 0.25) is 0 Å². The number of nitrogens with one attached hydrogen (secondary N) is 2. The predicted octanol–water partition coefficient (Wildman–Crippen LogP) is 9.80. The van der Waals surface area contributed by atoms with E-state index in [1.165, 1.54) is 35.9 Å². The third-order valence-electron chi connectivity index (χ3n) is 13.0. The summed E-state index contributed by atoms with van der Waals surface area (Å²) in [5.74, 6) is -1.01. The van der Waals surface area contributed by atoms with Crippen LogP contribution in [0.5, 0.6) is 0 Å². The smallest absolute Gasteiger partial charge is 0.380 e. The van der Waals surface area contributed by atoms with Crippen LogP contribution >= 0.6 is 11.8 Å². The second-order valence-corrected chi connectivity index (χ2v) is 23.9. The number of nitrogens with two attached hydrogens (primary N) is 1. The number of primary amides is 1. The van der Waals surface area contributed by atoms with Crippen molar-refractivity contribution in [2.45, 2.75) is 125 Å².